The molecule has 1 aliphatic heterocycles. The lowest BCUT2D eigenvalue weighted by Gasteiger charge is -2.40. The van der Waals surface area contributed by atoms with E-state index in [4.69, 9.17) is 0 Å². The number of hydrogen-bond acceptors (Lipinski definition) is 2. The van der Waals surface area contributed by atoms with Gasteiger partial charge in [0.1, 0.15) is 0 Å². The molecule has 0 aromatic rings. The van der Waals surface area contributed by atoms with Gasteiger partial charge in [0.05, 0.1) is 5.41 Å². The highest BCUT2D eigenvalue weighted by Gasteiger charge is 2.69. The van der Waals surface area contributed by atoms with Crippen LogP contribution in [0.3, 0.4) is 0 Å². The molecule has 0 aromatic carbocycles. The summed E-state index contributed by atoms with van der Waals surface area (Å²) in [6.07, 6.45) is 1.65. The predicted octanol–water partition coefficient (Wildman–Crippen LogP) is 2.45. The van der Waals surface area contributed by atoms with Gasteiger partial charge < -0.3 is 0 Å². The van der Waals surface area contributed by atoms with Crippen LogP contribution in [0.5, 0.6) is 0 Å². The smallest absolute Gasteiger partial charge is 0.235 e. The molecule has 2 unspecified atom stereocenters. The van der Waals surface area contributed by atoms with Crippen LogP contribution in [0, 0.1) is 22.2 Å². The molecule has 0 N–H and O–H groups in total. The highest BCUT2D eigenvalue weighted by atomic mass is 16.2. The molecule has 3 heteroatoms. The molecule has 0 bridgehead atoms. The van der Waals surface area contributed by atoms with E-state index in [-0.39, 0.29) is 22.6 Å². The van der Waals surface area contributed by atoms with Crippen LogP contribution >= 0.6 is 0 Å². The van der Waals surface area contributed by atoms with E-state index >= 15 is 0 Å². The molecule has 0 radical (unpaired) electrons. The maximum atomic E-state index is 12.4. The van der Waals surface area contributed by atoms with Crippen molar-refractivity contribution in [1.82, 2.24) is 4.90 Å². The van der Waals surface area contributed by atoms with Gasteiger partial charge >= 0.3 is 0 Å². The molecule has 2 aliphatic rings. The van der Waals surface area contributed by atoms with Gasteiger partial charge in [-0.15, -0.1) is 0 Å². The van der Waals surface area contributed by atoms with Crippen molar-refractivity contribution in [1.29, 1.82) is 0 Å². The summed E-state index contributed by atoms with van der Waals surface area (Å²) in [7, 11) is 1.63. The largest absolute Gasteiger partial charge is 0.285 e. The minimum atomic E-state index is -0.400. The van der Waals surface area contributed by atoms with E-state index in [2.05, 4.69) is 20.8 Å². The van der Waals surface area contributed by atoms with Crippen molar-refractivity contribution in [3.05, 3.63) is 0 Å². The third kappa shape index (κ3) is 1.62. The van der Waals surface area contributed by atoms with Crippen molar-refractivity contribution in [2.75, 3.05) is 7.05 Å². The van der Waals surface area contributed by atoms with Gasteiger partial charge in [-0.2, -0.15) is 0 Å². The molecule has 1 saturated carbocycles. The maximum absolute atomic E-state index is 12.4. The average molecular weight is 237 g/mol. The van der Waals surface area contributed by atoms with Gasteiger partial charge in [-0.3, -0.25) is 14.5 Å². The summed E-state index contributed by atoms with van der Waals surface area (Å²) in [5, 5.41) is 0. The zero-order chi connectivity index (χ0) is 13.2. The Morgan fingerprint density at radius 1 is 1.18 bits per heavy atom. The summed E-state index contributed by atoms with van der Waals surface area (Å²) >= 11 is 0. The Morgan fingerprint density at radius 3 is 2.12 bits per heavy atom. The third-order valence-corrected chi connectivity index (χ3v) is 4.49. The summed E-state index contributed by atoms with van der Waals surface area (Å²) in [5.74, 6) is 0.423. The molecule has 0 aromatic heterocycles. The van der Waals surface area contributed by atoms with E-state index in [1.165, 1.54) is 4.90 Å². The molecule has 2 fully saturated rings. The fraction of sp³-hybridized carbons (Fsp3) is 0.857. The first-order valence-electron chi connectivity index (χ1n) is 6.35. The van der Waals surface area contributed by atoms with E-state index < -0.39 is 5.41 Å². The summed E-state index contributed by atoms with van der Waals surface area (Å²) in [4.78, 5) is 25.8. The minimum absolute atomic E-state index is 0.0346. The molecular formula is C14H23NO2. The number of carbonyl (C=O) groups is 2. The second-order valence-corrected chi connectivity index (χ2v) is 7.51. The number of piperidine rings is 1. The highest BCUT2D eigenvalue weighted by molar-refractivity contribution is 6.04. The van der Waals surface area contributed by atoms with Crippen molar-refractivity contribution >= 4 is 11.8 Å². The lowest BCUT2D eigenvalue weighted by Crippen LogP contribution is -2.53. The molecule has 2 rings (SSSR count). The summed E-state index contributed by atoms with van der Waals surface area (Å²) < 4.78 is 0. The van der Waals surface area contributed by atoms with E-state index in [0.717, 1.165) is 6.42 Å². The van der Waals surface area contributed by atoms with Crippen LogP contribution in [-0.2, 0) is 9.59 Å². The zero-order valence-electron chi connectivity index (χ0n) is 11.8. The lowest BCUT2D eigenvalue weighted by molar-refractivity contribution is -0.161. The van der Waals surface area contributed by atoms with Crippen molar-refractivity contribution in [3.63, 3.8) is 0 Å². The predicted molar refractivity (Wildman–Crippen MR) is 66.2 cm³/mol. The van der Waals surface area contributed by atoms with Crippen LogP contribution in [0.1, 0.15) is 47.5 Å². The van der Waals surface area contributed by atoms with Crippen LogP contribution in [-0.4, -0.2) is 23.8 Å². The minimum Gasteiger partial charge on any atom is -0.285 e. The Morgan fingerprint density at radius 2 is 1.71 bits per heavy atom. The second-order valence-electron chi connectivity index (χ2n) is 7.51. The maximum Gasteiger partial charge on any atom is 0.235 e. The van der Waals surface area contributed by atoms with Gasteiger partial charge in [0, 0.05) is 12.5 Å². The molecule has 1 heterocycles. The van der Waals surface area contributed by atoms with E-state index in [9.17, 15) is 9.59 Å². The number of imide groups is 1. The van der Waals surface area contributed by atoms with Gasteiger partial charge in [0.2, 0.25) is 11.8 Å². The molecular weight excluding hydrogens is 214 g/mol. The van der Waals surface area contributed by atoms with Gasteiger partial charge in [-0.05, 0) is 24.2 Å². The van der Waals surface area contributed by atoms with E-state index in [0.29, 0.717) is 12.3 Å². The number of hydrogen-bond donors (Lipinski definition) is 0. The Hall–Kier alpha value is -0.860. The Balaban J connectivity index is 2.33. The van der Waals surface area contributed by atoms with Crippen molar-refractivity contribution in [2.45, 2.75) is 47.5 Å². The summed E-state index contributed by atoms with van der Waals surface area (Å²) in [6, 6.07) is 0. The fourth-order valence-corrected chi connectivity index (χ4v) is 3.69. The molecule has 2 amide bonds. The number of rotatable bonds is 0. The topological polar surface area (TPSA) is 37.4 Å². The average Bonchev–Trinajstić information content (AvgIpc) is 2.87. The van der Waals surface area contributed by atoms with E-state index in [1.807, 2.05) is 13.8 Å². The normalized spacial score (nSPS) is 36.6. The van der Waals surface area contributed by atoms with Crippen LogP contribution in [0.15, 0.2) is 0 Å². The molecule has 3 nitrogen and oxygen atoms in total. The molecule has 1 saturated heterocycles. The molecule has 96 valence electrons. The third-order valence-electron chi connectivity index (χ3n) is 4.49. The fourth-order valence-electron chi connectivity index (χ4n) is 3.69. The molecule has 2 atom stereocenters. The lowest BCUT2D eigenvalue weighted by atomic mass is 9.71. The molecule has 1 spiro atoms. The first-order valence-corrected chi connectivity index (χ1v) is 6.35. The van der Waals surface area contributed by atoms with Crippen LogP contribution in [0.25, 0.3) is 0 Å². The van der Waals surface area contributed by atoms with Gasteiger partial charge in [0.15, 0.2) is 0 Å². The molecule has 1 aliphatic carbocycles. The van der Waals surface area contributed by atoms with Crippen LogP contribution in [0.4, 0.5) is 0 Å². The number of nitrogens with zero attached hydrogens (tertiary/aromatic N) is 1. The SMILES string of the molecule is CN1C(=O)C(C)(C)CC2(CC2C(C)(C)C)C1=O. The Kier molecular flexibility index (Phi) is 2.31. The van der Waals surface area contributed by atoms with Crippen molar-refractivity contribution in [3.8, 4) is 0 Å². The molecule has 17 heavy (non-hydrogen) atoms. The van der Waals surface area contributed by atoms with Crippen LogP contribution in [0.2, 0.25) is 0 Å². The first-order chi connectivity index (χ1) is 7.52. The first kappa shape index (κ1) is 12.6. The Bertz CT molecular complexity index is 392. The number of likely N-dealkylation sites (tertiary alicyclic amines) is 1. The van der Waals surface area contributed by atoms with Gasteiger partial charge in [-0.25, -0.2) is 0 Å². The standard InChI is InChI=1S/C14H23NO2/c1-12(2,3)9-7-14(9)8-13(4,5)10(16)15(6)11(14)17/h9H,7-8H2,1-6H3. The van der Waals surface area contributed by atoms with Crippen LogP contribution < -0.4 is 0 Å². The Labute approximate surface area is 104 Å². The van der Waals surface area contributed by atoms with Gasteiger partial charge in [0.25, 0.3) is 0 Å². The quantitative estimate of drug-likeness (QED) is 0.607. The second kappa shape index (κ2) is 3.12. The highest BCUT2D eigenvalue weighted by Crippen LogP contribution is 2.67. The van der Waals surface area contributed by atoms with E-state index in [1.54, 1.807) is 7.05 Å². The number of carbonyl (C=O) groups excluding carboxylic acids is 2. The zero-order valence-corrected chi connectivity index (χ0v) is 11.8. The number of amides is 2. The summed E-state index contributed by atoms with van der Waals surface area (Å²) in [5.41, 5.74) is -0.514. The van der Waals surface area contributed by atoms with Crippen molar-refractivity contribution in [2.24, 2.45) is 22.2 Å². The summed E-state index contributed by atoms with van der Waals surface area (Å²) in [6.45, 7) is 10.5. The monoisotopic (exact) mass is 237 g/mol. The van der Waals surface area contributed by atoms with Crippen molar-refractivity contribution < 1.29 is 9.59 Å². The van der Waals surface area contributed by atoms with Gasteiger partial charge in [-0.1, -0.05) is 34.6 Å².